The number of aromatic nitrogens is 2. The second-order valence-electron chi connectivity index (χ2n) is 3.84. The van der Waals surface area contributed by atoms with E-state index in [4.69, 9.17) is 0 Å². The fraction of sp³-hybridized carbons (Fsp3) is 0.364. The third-order valence-corrected chi connectivity index (χ3v) is 3.44. The van der Waals surface area contributed by atoms with E-state index in [1.807, 2.05) is 6.20 Å². The first kappa shape index (κ1) is 9.12. The van der Waals surface area contributed by atoms with Crippen LogP contribution in [0.3, 0.4) is 0 Å². The fourth-order valence-corrected chi connectivity index (χ4v) is 2.63. The molecule has 4 heteroatoms. The SMILES string of the molecule is C(=C1/CCCNC1)/c1cn2ccsc2n1. The lowest BCUT2D eigenvalue weighted by Crippen LogP contribution is -2.23. The van der Waals surface area contributed by atoms with E-state index < -0.39 is 0 Å². The Labute approximate surface area is 92.5 Å². The highest BCUT2D eigenvalue weighted by Crippen LogP contribution is 2.16. The molecule has 3 heterocycles. The molecular formula is C11H13N3S. The number of nitrogens with one attached hydrogen (secondary N) is 1. The van der Waals surface area contributed by atoms with Crippen LogP contribution in [0.1, 0.15) is 18.5 Å². The molecule has 3 nitrogen and oxygen atoms in total. The van der Waals surface area contributed by atoms with Crippen LogP contribution < -0.4 is 5.32 Å². The first-order chi connectivity index (χ1) is 7.42. The van der Waals surface area contributed by atoms with Gasteiger partial charge in [0, 0.05) is 24.3 Å². The molecule has 0 spiro atoms. The van der Waals surface area contributed by atoms with Crippen molar-refractivity contribution in [3.63, 3.8) is 0 Å². The number of imidazole rings is 1. The third kappa shape index (κ3) is 1.82. The Morgan fingerprint density at radius 2 is 2.53 bits per heavy atom. The van der Waals surface area contributed by atoms with Gasteiger partial charge >= 0.3 is 0 Å². The summed E-state index contributed by atoms with van der Waals surface area (Å²) in [6.45, 7) is 2.17. The van der Waals surface area contributed by atoms with Crippen molar-refractivity contribution in [2.24, 2.45) is 0 Å². The molecule has 1 saturated heterocycles. The molecule has 2 aromatic rings. The Bertz CT molecular complexity index is 458. The lowest BCUT2D eigenvalue weighted by atomic mass is 10.1. The average molecular weight is 219 g/mol. The van der Waals surface area contributed by atoms with Crippen LogP contribution in [0.2, 0.25) is 0 Å². The summed E-state index contributed by atoms with van der Waals surface area (Å²) in [6.07, 6.45) is 8.81. The van der Waals surface area contributed by atoms with Crippen molar-refractivity contribution in [3.8, 4) is 0 Å². The van der Waals surface area contributed by atoms with Gasteiger partial charge in [0.2, 0.25) is 0 Å². The zero-order valence-electron chi connectivity index (χ0n) is 8.44. The molecule has 2 aromatic heterocycles. The molecule has 0 amide bonds. The average Bonchev–Trinajstić information content (AvgIpc) is 2.79. The second-order valence-corrected chi connectivity index (χ2v) is 4.71. The van der Waals surface area contributed by atoms with Crippen molar-refractivity contribution in [3.05, 3.63) is 29.0 Å². The summed E-state index contributed by atoms with van der Waals surface area (Å²) < 4.78 is 2.08. The highest BCUT2D eigenvalue weighted by atomic mass is 32.1. The van der Waals surface area contributed by atoms with Gasteiger partial charge in [-0.05, 0) is 25.5 Å². The van der Waals surface area contributed by atoms with Gasteiger partial charge in [0.15, 0.2) is 4.96 Å². The van der Waals surface area contributed by atoms with Gasteiger partial charge in [-0.15, -0.1) is 11.3 Å². The molecule has 1 N–H and O–H groups in total. The van der Waals surface area contributed by atoms with Crippen LogP contribution in [0.4, 0.5) is 0 Å². The van der Waals surface area contributed by atoms with E-state index in [2.05, 4.69) is 32.4 Å². The molecule has 1 aliphatic rings. The summed E-state index contributed by atoms with van der Waals surface area (Å²) in [4.78, 5) is 5.62. The Kier molecular flexibility index (Phi) is 2.31. The highest BCUT2D eigenvalue weighted by Gasteiger charge is 2.06. The van der Waals surface area contributed by atoms with E-state index >= 15 is 0 Å². The van der Waals surface area contributed by atoms with Gasteiger partial charge in [0.1, 0.15) is 0 Å². The standard InChI is InChI=1S/C11H13N3S/c1-2-9(7-12-3-1)6-10-8-14-4-5-15-11(14)13-10/h4-6,8,12H,1-3,7H2/b9-6+. The van der Waals surface area contributed by atoms with Gasteiger partial charge in [-0.25, -0.2) is 4.98 Å². The molecule has 0 bridgehead atoms. The van der Waals surface area contributed by atoms with E-state index in [1.165, 1.54) is 18.4 Å². The molecule has 15 heavy (non-hydrogen) atoms. The number of fused-ring (bicyclic) bond motifs is 1. The summed E-state index contributed by atoms with van der Waals surface area (Å²) in [5, 5.41) is 5.44. The van der Waals surface area contributed by atoms with Crippen LogP contribution in [0.15, 0.2) is 23.3 Å². The summed E-state index contributed by atoms with van der Waals surface area (Å²) in [5.74, 6) is 0. The molecule has 78 valence electrons. The zero-order valence-corrected chi connectivity index (χ0v) is 9.26. The van der Waals surface area contributed by atoms with Crippen molar-refractivity contribution in [2.45, 2.75) is 12.8 Å². The normalized spacial score (nSPS) is 20.1. The fourth-order valence-electron chi connectivity index (χ4n) is 1.93. The van der Waals surface area contributed by atoms with Crippen molar-refractivity contribution in [1.82, 2.24) is 14.7 Å². The molecule has 0 saturated carbocycles. The van der Waals surface area contributed by atoms with Gasteiger partial charge in [-0.1, -0.05) is 5.57 Å². The van der Waals surface area contributed by atoms with Crippen molar-refractivity contribution in [1.29, 1.82) is 0 Å². The molecule has 0 atom stereocenters. The predicted octanol–water partition coefficient (Wildman–Crippen LogP) is 2.16. The lowest BCUT2D eigenvalue weighted by Gasteiger charge is -2.14. The van der Waals surface area contributed by atoms with E-state index in [0.717, 1.165) is 23.7 Å². The predicted molar refractivity (Wildman–Crippen MR) is 63.1 cm³/mol. The second kappa shape index (κ2) is 3.79. The molecule has 3 rings (SSSR count). The molecule has 0 radical (unpaired) electrons. The molecule has 0 aliphatic carbocycles. The summed E-state index contributed by atoms with van der Waals surface area (Å²) in [6, 6.07) is 0. The lowest BCUT2D eigenvalue weighted by molar-refractivity contribution is 0.613. The minimum absolute atomic E-state index is 1.02. The Morgan fingerprint density at radius 1 is 1.53 bits per heavy atom. The minimum Gasteiger partial charge on any atom is -0.313 e. The van der Waals surface area contributed by atoms with E-state index in [0.29, 0.717) is 0 Å². The maximum atomic E-state index is 4.54. The summed E-state index contributed by atoms with van der Waals surface area (Å²) >= 11 is 1.68. The van der Waals surface area contributed by atoms with Crippen molar-refractivity contribution >= 4 is 22.4 Å². The largest absolute Gasteiger partial charge is 0.313 e. The first-order valence-electron chi connectivity index (χ1n) is 5.24. The Morgan fingerprint density at radius 3 is 3.33 bits per heavy atom. The van der Waals surface area contributed by atoms with Crippen LogP contribution in [0, 0.1) is 0 Å². The summed E-state index contributed by atoms with van der Waals surface area (Å²) in [5.41, 5.74) is 2.55. The van der Waals surface area contributed by atoms with E-state index in [-0.39, 0.29) is 0 Å². The van der Waals surface area contributed by atoms with Gasteiger partial charge in [-0.2, -0.15) is 0 Å². The third-order valence-electron chi connectivity index (χ3n) is 2.67. The van der Waals surface area contributed by atoms with Crippen LogP contribution in [-0.4, -0.2) is 22.5 Å². The zero-order chi connectivity index (χ0) is 10.1. The van der Waals surface area contributed by atoms with Gasteiger partial charge < -0.3 is 5.32 Å². The number of hydrogen-bond donors (Lipinski definition) is 1. The quantitative estimate of drug-likeness (QED) is 0.796. The number of piperidine rings is 1. The molecule has 1 fully saturated rings. The van der Waals surface area contributed by atoms with Crippen LogP contribution in [-0.2, 0) is 0 Å². The molecule has 0 aromatic carbocycles. The minimum atomic E-state index is 1.02. The van der Waals surface area contributed by atoms with Crippen LogP contribution in [0.5, 0.6) is 0 Å². The highest BCUT2D eigenvalue weighted by molar-refractivity contribution is 7.15. The van der Waals surface area contributed by atoms with Crippen LogP contribution in [0.25, 0.3) is 11.0 Å². The van der Waals surface area contributed by atoms with E-state index in [9.17, 15) is 0 Å². The smallest absolute Gasteiger partial charge is 0.194 e. The van der Waals surface area contributed by atoms with Crippen molar-refractivity contribution in [2.75, 3.05) is 13.1 Å². The monoisotopic (exact) mass is 219 g/mol. The van der Waals surface area contributed by atoms with Gasteiger partial charge in [-0.3, -0.25) is 4.40 Å². The maximum Gasteiger partial charge on any atom is 0.194 e. The number of hydrogen-bond acceptors (Lipinski definition) is 3. The molecular weight excluding hydrogens is 206 g/mol. The Hall–Kier alpha value is -1.13. The number of rotatable bonds is 1. The van der Waals surface area contributed by atoms with Crippen LogP contribution >= 0.6 is 11.3 Å². The maximum absolute atomic E-state index is 4.54. The van der Waals surface area contributed by atoms with Gasteiger partial charge in [0.05, 0.1) is 5.69 Å². The summed E-state index contributed by atoms with van der Waals surface area (Å²) in [7, 11) is 0. The van der Waals surface area contributed by atoms with Gasteiger partial charge in [0.25, 0.3) is 0 Å². The van der Waals surface area contributed by atoms with E-state index in [1.54, 1.807) is 11.3 Å². The Balaban J connectivity index is 1.90. The first-order valence-corrected chi connectivity index (χ1v) is 6.12. The van der Waals surface area contributed by atoms with Crippen molar-refractivity contribution < 1.29 is 0 Å². The number of nitrogens with zero attached hydrogens (tertiary/aromatic N) is 2. The topological polar surface area (TPSA) is 29.3 Å². The number of thiazole rings is 1. The molecule has 1 aliphatic heterocycles. The molecule has 0 unspecified atom stereocenters.